The summed E-state index contributed by atoms with van der Waals surface area (Å²) in [6, 6.07) is 18.0. The smallest absolute Gasteiger partial charge is 0.268 e. The molecule has 0 aliphatic heterocycles. The molecule has 1 heterocycles. The standard InChI is InChI=1S/C25H26N2O4S/c1-17-9-4-5-11-20(17)24(28)27-21(15-19-10-8-14-32-19)25(29)26-18(2)16-31-23-13-7-6-12-22(23)30-3/h4-15,18H,16H2,1-3H3,(H,26,29)(H,27,28)/b21-15-. The molecule has 2 aromatic carbocycles. The van der Waals surface area contributed by atoms with Gasteiger partial charge in [-0.15, -0.1) is 11.3 Å². The molecule has 3 aromatic rings. The van der Waals surface area contributed by atoms with Crippen molar-refractivity contribution in [3.8, 4) is 11.5 Å². The SMILES string of the molecule is COc1ccccc1OCC(C)NC(=O)/C(=C/c1cccs1)NC(=O)c1ccccc1C. The van der Waals surface area contributed by atoms with Crippen molar-refractivity contribution in [1.29, 1.82) is 0 Å². The first-order valence-corrected chi connectivity index (χ1v) is 11.0. The summed E-state index contributed by atoms with van der Waals surface area (Å²) in [5.74, 6) is 0.489. The monoisotopic (exact) mass is 450 g/mol. The fourth-order valence-electron chi connectivity index (χ4n) is 2.99. The zero-order valence-electron chi connectivity index (χ0n) is 18.3. The van der Waals surface area contributed by atoms with E-state index in [1.54, 1.807) is 31.4 Å². The topological polar surface area (TPSA) is 76.7 Å². The van der Waals surface area contributed by atoms with Crippen LogP contribution in [0.15, 0.2) is 71.7 Å². The number of para-hydroxylation sites is 2. The minimum absolute atomic E-state index is 0.171. The van der Waals surface area contributed by atoms with Crippen molar-refractivity contribution in [2.75, 3.05) is 13.7 Å². The van der Waals surface area contributed by atoms with E-state index in [0.717, 1.165) is 10.4 Å². The van der Waals surface area contributed by atoms with Crippen LogP contribution in [0, 0.1) is 6.92 Å². The maximum atomic E-state index is 13.0. The van der Waals surface area contributed by atoms with E-state index in [4.69, 9.17) is 9.47 Å². The summed E-state index contributed by atoms with van der Waals surface area (Å²) in [4.78, 5) is 26.7. The van der Waals surface area contributed by atoms with Crippen LogP contribution in [0.2, 0.25) is 0 Å². The van der Waals surface area contributed by atoms with Crippen molar-refractivity contribution < 1.29 is 19.1 Å². The van der Waals surface area contributed by atoms with E-state index in [9.17, 15) is 9.59 Å². The summed E-state index contributed by atoms with van der Waals surface area (Å²) < 4.78 is 11.1. The Morgan fingerprint density at radius 1 is 1.03 bits per heavy atom. The van der Waals surface area contributed by atoms with Crippen LogP contribution in [0.1, 0.15) is 27.7 Å². The first-order valence-electron chi connectivity index (χ1n) is 10.2. The largest absolute Gasteiger partial charge is 0.493 e. The fraction of sp³-hybridized carbons (Fsp3) is 0.200. The lowest BCUT2D eigenvalue weighted by Gasteiger charge is -2.18. The number of carbonyl (C=O) groups is 2. The molecule has 0 aliphatic carbocycles. The second-order valence-electron chi connectivity index (χ2n) is 7.18. The first-order chi connectivity index (χ1) is 15.5. The van der Waals surface area contributed by atoms with Crippen LogP contribution in [-0.2, 0) is 4.79 Å². The summed E-state index contributed by atoms with van der Waals surface area (Å²) >= 11 is 1.48. The number of ether oxygens (including phenoxy) is 2. The van der Waals surface area contributed by atoms with Crippen molar-refractivity contribution in [3.63, 3.8) is 0 Å². The van der Waals surface area contributed by atoms with Gasteiger partial charge in [0, 0.05) is 10.4 Å². The number of aryl methyl sites for hydroxylation is 1. The highest BCUT2D eigenvalue weighted by Crippen LogP contribution is 2.25. The highest BCUT2D eigenvalue weighted by atomic mass is 32.1. The number of thiophene rings is 1. The Balaban J connectivity index is 1.70. The molecule has 0 radical (unpaired) electrons. The van der Waals surface area contributed by atoms with Gasteiger partial charge in [0.25, 0.3) is 11.8 Å². The predicted molar refractivity (Wildman–Crippen MR) is 127 cm³/mol. The van der Waals surface area contributed by atoms with Crippen LogP contribution in [0.4, 0.5) is 0 Å². The van der Waals surface area contributed by atoms with E-state index in [1.165, 1.54) is 11.3 Å². The Labute approximate surface area is 191 Å². The van der Waals surface area contributed by atoms with Crippen molar-refractivity contribution in [3.05, 3.63) is 87.7 Å². The van der Waals surface area contributed by atoms with E-state index < -0.39 is 5.91 Å². The molecule has 7 heteroatoms. The summed E-state index contributed by atoms with van der Waals surface area (Å²) in [5, 5.41) is 7.56. The van der Waals surface area contributed by atoms with Gasteiger partial charge in [0.2, 0.25) is 0 Å². The summed E-state index contributed by atoms with van der Waals surface area (Å²) in [6.07, 6.45) is 1.67. The lowest BCUT2D eigenvalue weighted by atomic mass is 10.1. The molecule has 0 saturated heterocycles. The molecule has 0 spiro atoms. The van der Waals surface area contributed by atoms with Crippen molar-refractivity contribution in [1.82, 2.24) is 10.6 Å². The maximum absolute atomic E-state index is 13.0. The third kappa shape index (κ3) is 6.21. The average molecular weight is 451 g/mol. The Morgan fingerprint density at radius 2 is 1.75 bits per heavy atom. The number of benzene rings is 2. The van der Waals surface area contributed by atoms with Gasteiger partial charge in [-0.2, -0.15) is 0 Å². The highest BCUT2D eigenvalue weighted by molar-refractivity contribution is 7.10. The number of nitrogens with one attached hydrogen (secondary N) is 2. The van der Waals surface area contributed by atoms with Gasteiger partial charge in [-0.25, -0.2) is 0 Å². The Morgan fingerprint density at radius 3 is 2.44 bits per heavy atom. The minimum Gasteiger partial charge on any atom is -0.493 e. The molecule has 0 aliphatic rings. The second kappa shape index (κ2) is 11.2. The van der Waals surface area contributed by atoms with Gasteiger partial charge in [0.1, 0.15) is 12.3 Å². The van der Waals surface area contributed by atoms with Crippen LogP contribution in [-0.4, -0.2) is 31.6 Å². The Kier molecular flexibility index (Phi) is 8.05. The molecule has 1 aromatic heterocycles. The molecule has 2 amide bonds. The zero-order valence-corrected chi connectivity index (χ0v) is 19.1. The number of methoxy groups -OCH3 is 1. The minimum atomic E-state index is -0.392. The van der Waals surface area contributed by atoms with Crippen LogP contribution in [0.5, 0.6) is 11.5 Å². The lowest BCUT2D eigenvalue weighted by Crippen LogP contribution is -2.41. The molecular weight excluding hydrogens is 424 g/mol. The number of hydrogen-bond donors (Lipinski definition) is 2. The molecule has 0 fully saturated rings. The average Bonchev–Trinajstić information content (AvgIpc) is 3.30. The molecule has 2 N–H and O–H groups in total. The van der Waals surface area contributed by atoms with Crippen LogP contribution in [0.25, 0.3) is 6.08 Å². The molecule has 32 heavy (non-hydrogen) atoms. The molecule has 1 unspecified atom stereocenters. The maximum Gasteiger partial charge on any atom is 0.268 e. The number of rotatable bonds is 9. The summed E-state index contributed by atoms with van der Waals surface area (Å²) in [5.41, 5.74) is 1.52. The molecule has 6 nitrogen and oxygen atoms in total. The summed E-state index contributed by atoms with van der Waals surface area (Å²) in [6.45, 7) is 3.93. The van der Waals surface area contributed by atoms with E-state index in [-0.39, 0.29) is 24.3 Å². The Hall–Kier alpha value is -3.58. The van der Waals surface area contributed by atoms with E-state index >= 15 is 0 Å². The number of amides is 2. The highest BCUT2D eigenvalue weighted by Gasteiger charge is 2.18. The predicted octanol–water partition coefficient (Wildman–Crippen LogP) is 4.42. The lowest BCUT2D eigenvalue weighted by molar-refractivity contribution is -0.118. The van der Waals surface area contributed by atoms with Gasteiger partial charge in [0.05, 0.1) is 13.2 Å². The third-order valence-electron chi connectivity index (χ3n) is 4.65. The van der Waals surface area contributed by atoms with Gasteiger partial charge in [-0.1, -0.05) is 36.4 Å². The van der Waals surface area contributed by atoms with Gasteiger partial charge >= 0.3 is 0 Å². The molecule has 1 atom stereocenters. The number of hydrogen-bond acceptors (Lipinski definition) is 5. The fourth-order valence-corrected chi connectivity index (χ4v) is 3.64. The zero-order chi connectivity index (χ0) is 22.9. The van der Waals surface area contributed by atoms with Crippen LogP contribution < -0.4 is 20.1 Å². The van der Waals surface area contributed by atoms with Crippen LogP contribution >= 0.6 is 11.3 Å². The number of carbonyl (C=O) groups excluding carboxylic acids is 2. The molecule has 3 rings (SSSR count). The van der Waals surface area contributed by atoms with E-state index in [0.29, 0.717) is 17.1 Å². The van der Waals surface area contributed by atoms with E-state index in [1.807, 2.05) is 61.7 Å². The second-order valence-corrected chi connectivity index (χ2v) is 8.16. The van der Waals surface area contributed by atoms with E-state index in [2.05, 4.69) is 10.6 Å². The van der Waals surface area contributed by atoms with Gasteiger partial charge in [-0.05, 0) is 55.1 Å². The normalized spacial score (nSPS) is 12.0. The first kappa shape index (κ1) is 23.1. The summed E-state index contributed by atoms with van der Waals surface area (Å²) in [7, 11) is 1.58. The van der Waals surface area contributed by atoms with Gasteiger partial charge < -0.3 is 20.1 Å². The Bertz CT molecular complexity index is 1090. The molecule has 0 saturated carbocycles. The van der Waals surface area contributed by atoms with Crippen molar-refractivity contribution >= 4 is 29.2 Å². The molecule has 0 bridgehead atoms. The van der Waals surface area contributed by atoms with Crippen molar-refractivity contribution in [2.24, 2.45) is 0 Å². The molecule has 166 valence electrons. The van der Waals surface area contributed by atoms with Crippen molar-refractivity contribution in [2.45, 2.75) is 19.9 Å². The quantitative estimate of drug-likeness (QED) is 0.473. The third-order valence-corrected chi connectivity index (χ3v) is 5.47. The van der Waals surface area contributed by atoms with Crippen LogP contribution in [0.3, 0.4) is 0 Å². The van der Waals surface area contributed by atoms with Gasteiger partial charge in [0.15, 0.2) is 11.5 Å². The molecular formula is C25H26N2O4S. The van der Waals surface area contributed by atoms with Gasteiger partial charge in [-0.3, -0.25) is 9.59 Å².